The van der Waals surface area contributed by atoms with E-state index in [0.717, 1.165) is 37.5 Å². The topological polar surface area (TPSA) is 49.5 Å². The van der Waals surface area contributed by atoms with Crippen molar-refractivity contribution in [1.29, 1.82) is 0 Å². The van der Waals surface area contributed by atoms with Crippen LogP contribution in [-0.4, -0.2) is 34.2 Å². The van der Waals surface area contributed by atoms with Crippen molar-refractivity contribution in [3.8, 4) is 0 Å². The van der Waals surface area contributed by atoms with Gasteiger partial charge in [-0.2, -0.15) is 0 Å². The molecule has 4 nitrogen and oxygen atoms in total. The van der Waals surface area contributed by atoms with E-state index in [4.69, 9.17) is 4.42 Å². The van der Waals surface area contributed by atoms with Gasteiger partial charge in [-0.1, -0.05) is 13.8 Å². The maximum atomic E-state index is 9.42. The summed E-state index contributed by atoms with van der Waals surface area (Å²) < 4.78 is 5.36. The second kappa shape index (κ2) is 4.33. The predicted molar refractivity (Wildman–Crippen MR) is 56.5 cm³/mol. The fourth-order valence-corrected chi connectivity index (χ4v) is 2.03. The minimum atomic E-state index is -0.167. The molecule has 1 saturated heterocycles. The zero-order chi connectivity index (χ0) is 10.8. The Morgan fingerprint density at radius 2 is 2.47 bits per heavy atom. The number of nitrogens with zero attached hydrogens (tertiary/aromatic N) is 2. The second-order valence-corrected chi connectivity index (χ2v) is 4.50. The molecule has 0 bridgehead atoms. The maximum absolute atomic E-state index is 9.42. The van der Waals surface area contributed by atoms with Crippen molar-refractivity contribution in [3.63, 3.8) is 0 Å². The van der Waals surface area contributed by atoms with Gasteiger partial charge in [0.15, 0.2) is 6.39 Å². The summed E-state index contributed by atoms with van der Waals surface area (Å²) in [5.41, 5.74) is 1.01. The number of hydrogen-bond acceptors (Lipinski definition) is 4. The number of aromatic nitrogens is 1. The van der Waals surface area contributed by atoms with Gasteiger partial charge in [-0.05, 0) is 6.42 Å². The van der Waals surface area contributed by atoms with E-state index in [1.165, 1.54) is 6.39 Å². The Hall–Kier alpha value is -0.870. The van der Waals surface area contributed by atoms with Crippen LogP contribution in [0.4, 0.5) is 0 Å². The van der Waals surface area contributed by atoms with Gasteiger partial charge in [0.2, 0.25) is 0 Å². The molecule has 1 aliphatic rings. The lowest BCUT2D eigenvalue weighted by Crippen LogP contribution is -2.22. The summed E-state index contributed by atoms with van der Waals surface area (Å²) in [6.07, 6.45) is 2.21. The molecule has 0 amide bonds. The van der Waals surface area contributed by atoms with Crippen LogP contribution in [0.15, 0.2) is 10.8 Å². The lowest BCUT2D eigenvalue weighted by atomic mass is 10.1. The summed E-state index contributed by atoms with van der Waals surface area (Å²) in [4.78, 5) is 6.45. The van der Waals surface area contributed by atoms with E-state index in [2.05, 4.69) is 23.7 Å². The summed E-state index contributed by atoms with van der Waals surface area (Å²) in [6.45, 7) is 6.70. The monoisotopic (exact) mass is 210 g/mol. The van der Waals surface area contributed by atoms with Crippen LogP contribution in [-0.2, 0) is 6.54 Å². The molecule has 0 aliphatic carbocycles. The molecule has 15 heavy (non-hydrogen) atoms. The normalized spacial score (nSPS) is 22.8. The van der Waals surface area contributed by atoms with Crippen molar-refractivity contribution in [2.45, 2.75) is 38.8 Å². The molecular weight excluding hydrogens is 192 g/mol. The average Bonchev–Trinajstić information content (AvgIpc) is 2.75. The fraction of sp³-hybridized carbons (Fsp3) is 0.727. The summed E-state index contributed by atoms with van der Waals surface area (Å²) in [7, 11) is 0. The largest absolute Gasteiger partial charge is 0.448 e. The molecular formula is C11H18N2O2. The summed E-state index contributed by atoms with van der Waals surface area (Å²) in [5, 5.41) is 9.42. The number of rotatable bonds is 3. The molecule has 1 aromatic rings. The van der Waals surface area contributed by atoms with Crippen LogP contribution in [0.25, 0.3) is 0 Å². The molecule has 0 saturated carbocycles. The highest BCUT2D eigenvalue weighted by molar-refractivity contribution is 5.11. The van der Waals surface area contributed by atoms with Crippen LogP contribution in [0.3, 0.4) is 0 Å². The lowest BCUT2D eigenvalue weighted by Gasteiger charge is -2.14. The van der Waals surface area contributed by atoms with E-state index in [0.29, 0.717) is 5.92 Å². The first-order valence-corrected chi connectivity index (χ1v) is 5.49. The van der Waals surface area contributed by atoms with Crippen LogP contribution in [0.1, 0.15) is 37.6 Å². The lowest BCUT2D eigenvalue weighted by molar-refractivity contribution is 0.174. The van der Waals surface area contributed by atoms with Gasteiger partial charge in [-0.3, -0.25) is 4.90 Å². The van der Waals surface area contributed by atoms with Crippen molar-refractivity contribution in [3.05, 3.63) is 17.8 Å². The summed E-state index contributed by atoms with van der Waals surface area (Å²) in [6, 6.07) is 0. The van der Waals surface area contributed by atoms with Crippen molar-refractivity contribution in [2.24, 2.45) is 0 Å². The van der Waals surface area contributed by atoms with Gasteiger partial charge in [0.25, 0.3) is 0 Å². The number of hydrogen-bond donors (Lipinski definition) is 1. The van der Waals surface area contributed by atoms with Gasteiger partial charge in [0, 0.05) is 25.6 Å². The Morgan fingerprint density at radius 3 is 3.07 bits per heavy atom. The number of likely N-dealkylation sites (tertiary alicyclic amines) is 1. The van der Waals surface area contributed by atoms with Gasteiger partial charge >= 0.3 is 0 Å². The number of β-amino-alcohol motifs (C(OH)–C–C–N with tert-alkyl or cyclic N) is 1. The zero-order valence-electron chi connectivity index (χ0n) is 9.31. The Bertz CT molecular complexity index is 322. The number of oxazole rings is 1. The van der Waals surface area contributed by atoms with E-state index in [-0.39, 0.29) is 6.10 Å². The zero-order valence-corrected chi connectivity index (χ0v) is 9.31. The van der Waals surface area contributed by atoms with Gasteiger partial charge < -0.3 is 9.52 Å². The minimum absolute atomic E-state index is 0.167. The SMILES string of the molecule is CC(C)c1ocnc1CN1CC[C@H](O)C1. The maximum Gasteiger partial charge on any atom is 0.181 e. The van der Waals surface area contributed by atoms with E-state index in [1.807, 2.05) is 0 Å². The second-order valence-electron chi connectivity index (χ2n) is 4.50. The number of aliphatic hydroxyl groups is 1. The molecule has 2 rings (SSSR count). The molecule has 1 aliphatic heterocycles. The van der Waals surface area contributed by atoms with Crippen molar-refractivity contribution >= 4 is 0 Å². The molecule has 0 radical (unpaired) electrons. The molecule has 2 heterocycles. The first-order valence-electron chi connectivity index (χ1n) is 5.49. The molecule has 0 unspecified atom stereocenters. The minimum Gasteiger partial charge on any atom is -0.448 e. The van der Waals surface area contributed by atoms with E-state index in [1.54, 1.807) is 0 Å². The Balaban J connectivity index is 2.01. The predicted octanol–water partition coefficient (Wildman–Crippen LogP) is 1.36. The van der Waals surface area contributed by atoms with Crippen LogP contribution >= 0.6 is 0 Å². The highest BCUT2D eigenvalue weighted by Crippen LogP contribution is 2.21. The Morgan fingerprint density at radius 1 is 1.67 bits per heavy atom. The highest BCUT2D eigenvalue weighted by Gasteiger charge is 2.22. The van der Waals surface area contributed by atoms with Crippen LogP contribution in [0.2, 0.25) is 0 Å². The molecule has 0 spiro atoms. The van der Waals surface area contributed by atoms with Crippen LogP contribution < -0.4 is 0 Å². The van der Waals surface area contributed by atoms with Gasteiger partial charge in [0.05, 0.1) is 11.8 Å². The fourth-order valence-electron chi connectivity index (χ4n) is 2.03. The average molecular weight is 210 g/mol. The third-order valence-electron chi connectivity index (χ3n) is 2.82. The van der Waals surface area contributed by atoms with Crippen molar-refractivity contribution < 1.29 is 9.52 Å². The van der Waals surface area contributed by atoms with Crippen LogP contribution in [0.5, 0.6) is 0 Å². The summed E-state index contributed by atoms with van der Waals surface area (Å²) in [5.74, 6) is 1.34. The van der Waals surface area contributed by atoms with Crippen molar-refractivity contribution in [1.82, 2.24) is 9.88 Å². The van der Waals surface area contributed by atoms with E-state index < -0.39 is 0 Å². The molecule has 84 valence electrons. The third-order valence-corrected chi connectivity index (χ3v) is 2.82. The number of aliphatic hydroxyl groups excluding tert-OH is 1. The molecule has 1 N–H and O–H groups in total. The Kier molecular flexibility index (Phi) is 3.07. The Labute approximate surface area is 89.9 Å². The van der Waals surface area contributed by atoms with E-state index >= 15 is 0 Å². The van der Waals surface area contributed by atoms with Crippen LogP contribution in [0, 0.1) is 0 Å². The molecule has 1 atom stereocenters. The molecule has 4 heteroatoms. The first kappa shape index (κ1) is 10.6. The first-order chi connectivity index (χ1) is 7.16. The summed E-state index contributed by atoms with van der Waals surface area (Å²) >= 11 is 0. The van der Waals surface area contributed by atoms with Gasteiger partial charge in [0.1, 0.15) is 5.76 Å². The van der Waals surface area contributed by atoms with Gasteiger partial charge in [-0.15, -0.1) is 0 Å². The quantitative estimate of drug-likeness (QED) is 0.818. The standard InChI is InChI=1S/C11H18N2O2/c1-8(2)11-10(12-7-15-11)6-13-4-3-9(14)5-13/h7-9,14H,3-6H2,1-2H3/t9-/m0/s1. The smallest absolute Gasteiger partial charge is 0.181 e. The van der Waals surface area contributed by atoms with Crippen molar-refractivity contribution in [2.75, 3.05) is 13.1 Å². The highest BCUT2D eigenvalue weighted by atomic mass is 16.3. The molecule has 0 aromatic carbocycles. The molecule has 1 aromatic heterocycles. The van der Waals surface area contributed by atoms with Gasteiger partial charge in [-0.25, -0.2) is 4.98 Å². The molecule has 1 fully saturated rings. The third kappa shape index (κ3) is 2.38. The van der Waals surface area contributed by atoms with E-state index in [9.17, 15) is 5.11 Å².